The summed E-state index contributed by atoms with van der Waals surface area (Å²) < 4.78 is 11.3. The van der Waals surface area contributed by atoms with Crippen LogP contribution in [0.15, 0.2) is 84.9 Å². The lowest BCUT2D eigenvalue weighted by molar-refractivity contribution is 0.412. The number of methoxy groups -OCH3 is 2. The van der Waals surface area contributed by atoms with Crippen LogP contribution in [0.2, 0.25) is 0 Å². The second-order valence-electron chi connectivity index (χ2n) is 12.9. The smallest absolute Gasteiger partial charge is 0.122 e. The van der Waals surface area contributed by atoms with E-state index in [0.717, 1.165) is 22.7 Å². The van der Waals surface area contributed by atoms with Crippen LogP contribution in [0.4, 0.5) is 5.69 Å². The molecule has 0 aliphatic heterocycles. The molecule has 1 aliphatic carbocycles. The Balaban J connectivity index is 1.65. The van der Waals surface area contributed by atoms with Crippen molar-refractivity contribution in [2.75, 3.05) is 26.6 Å². The molecular weight excluding hydrogens is 538 g/mol. The molecule has 0 fully saturated rings. The van der Waals surface area contributed by atoms with E-state index in [1.54, 1.807) is 14.2 Å². The van der Waals surface area contributed by atoms with Gasteiger partial charge in [-0.2, -0.15) is 0 Å². The zero-order valence-electron chi connectivity index (χ0n) is 27.5. The van der Waals surface area contributed by atoms with Crippen LogP contribution < -0.4 is 14.8 Å². The molecule has 0 spiro atoms. The van der Waals surface area contributed by atoms with Gasteiger partial charge in [-0.05, 0) is 125 Å². The van der Waals surface area contributed by atoms with Crippen molar-refractivity contribution < 1.29 is 9.47 Å². The summed E-state index contributed by atoms with van der Waals surface area (Å²) in [5.74, 6) is 1.78. The number of anilines is 1. The number of aryl methyl sites for hydroxylation is 3. The van der Waals surface area contributed by atoms with E-state index in [-0.39, 0.29) is 10.8 Å². The Bertz CT molecular complexity index is 1860. The Hall–Kier alpha value is -4.50. The fourth-order valence-corrected chi connectivity index (χ4v) is 7.22. The highest BCUT2D eigenvalue weighted by molar-refractivity contribution is 6.07. The molecule has 1 aliphatic rings. The van der Waals surface area contributed by atoms with Gasteiger partial charge in [0.2, 0.25) is 0 Å². The highest BCUT2D eigenvalue weighted by Gasteiger charge is 2.39. The summed E-state index contributed by atoms with van der Waals surface area (Å²) in [5, 5.41) is 5.79. The van der Waals surface area contributed by atoms with Crippen LogP contribution in [0, 0.1) is 20.8 Å². The molecule has 5 aromatic rings. The third kappa shape index (κ3) is 4.57. The van der Waals surface area contributed by atoms with Crippen molar-refractivity contribution in [3.05, 3.63) is 129 Å². The molecule has 0 bridgehead atoms. The molecule has 0 amide bonds. The number of benzene rings is 5. The van der Waals surface area contributed by atoms with Crippen LogP contribution >= 0.6 is 0 Å². The highest BCUT2D eigenvalue weighted by Crippen LogP contribution is 2.55. The minimum atomic E-state index is -0.385. The minimum absolute atomic E-state index is 0.159. The number of ether oxygens (including phenoxy) is 2. The predicted molar refractivity (Wildman–Crippen MR) is 187 cm³/mol. The first-order chi connectivity index (χ1) is 21.0. The topological polar surface area (TPSA) is 30.5 Å². The van der Waals surface area contributed by atoms with Gasteiger partial charge in [0.25, 0.3) is 0 Å². The molecule has 0 aromatic heterocycles. The van der Waals surface area contributed by atoms with Gasteiger partial charge in [-0.25, -0.2) is 0 Å². The van der Waals surface area contributed by atoms with Crippen molar-refractivity contribution in [3.63, 3.8) is 0 Å². The molecule has 6 rings (SSSR count). The number of allylic oxidation sites excluding steroid dienone is 1. The van der Waals surface area contributed by atoms with E-state index in [1.807, 2.05) is 7.05 Å². The molecule has 0 radical (unpaired) electrons. The largest absolute Gasteiger partial charge is 0.497 e. The molecule has 1 N–H and O–H groups in total. The van der Waals surface area contributed by atoms with Gasteiger partial charge < -0.3 is 14.8 Å². The molecule has 0 saturated carbocycles. The van der Waals surface area contributed by atoms with Crippen molar-refractivity contribution >= 4 is 22.5 Å². The summed E-state index contributed by atoms with van der Waals surface area (Å²) in [7, 11) is 5.43. The van der Waals surface area contributed by atoms with Gasteiger partial charge in [0.15, 0.2) is 0 Å². The van der Waals surface area contributed by atoms with Crippen molar-refractivity contribution in [2.24, 2.45) is 0 Å². The van der Waals surface area contributed by atoms with Crippen molar-refractivity contribution in [1.82, 2.24) is 0 Å². The molecule has 224 valence electrons. The summed E-state index contributed by atoms with van der Waals surface area (Å²) in [6.45, 7) is 13.7. The quantitative estimate of drug-likeness (QED) is 0.207. The fourth-order valence-electron chi connectivity index (χ4n) is 7.22. The van der Waals surface area contributed by atoms with Gasteiger partial charge in [-0.1, -0.05) is 74.0 Å². The van der Waals surface area contributed by atoms with Crippen LogP contribution in [-0.2, 0) is 10.8 Å². The van der Waals surface area contributed by atoms with E-state index in [0.29, 0.717) is 0 Å². The Kier molecular flexibility index (Phi) is 7.32. The lowest BCUT2D eigenvalue weighted by Gasteiger charge is -2.30. The van der Waals surface area contributed by atoms with E-state index < -0.39 is 0 Å². The molecule has 3 nitrogen and oxygen atoms in total. The lowest BCUT2D eigenvalue weighted by Crippen LogP contribution is -2.21. The van der Waals surface area contributed by atoms with Crippen LogP contribution in [0.5, 0.6) is 11.5 Å². The van der Waals surface area contributed by atoms with E-state index in [4.69, 9.17) is 9.47 Å². The summed E-state index contributed by atoms with van der Waals surface area (Å²) in [6, 6.07) is 28.8. The maximum atomic E-state index is 5.83. The zero-order chi connectivity index (χ0) is 31.4. The third-order valence-electron chi connectivity index (χ3n) is 9.92. The number of fused-ring (bicyclic) bond motifs is 5. The summed E-state index contributed by atoms with van der Waals surface area (Å²) in [6.07, 6.45) is 4.78. The molecule has 0 heterocycles. The van der Waals surface area contributed by atoms with Gasteiger partial charge in [0.1, 0.15) is 11.5 Å². The normalized spacial score (nSPS) is 14.8. The van der Waals surface area contributed by atoms with Gasteiger partial charge >= 0.3 is 0 Å². The Labute approximate surface area is 262 Å². The zero-order valence-corrected chi connectivity index (χ0v) is 27.5. The lowest BCUT2D eigenvalue weighted by atomic mass is 9.74. The van der Waals surface area contributed by atoms with Gasteiger partial charge in [-0.3, -0.25) is 0 Å². The van der Waals surface area contributed by atoms with E-state index >= 15 is 0 Å². The Morgan fingerprint density at radius 2 is 1.43 bits per heavy atom. The number of hydrogen-bond donors (Lipinski definition) is 1. The van der Waals surface area contributed by atoms with Crippen molar-refractivity contribution in [3.8, 4) is 22.6 Å². The molecule has 44 heavy (non-hydrogen) atoms. The predicted octanol–water partition coefficient (Wildman–Crippen LogP) is 10.1. The van der Waals surface area contributed by atoms with Gasteiger partial charge in [0.05, 0.1) is 14.2 Å². The standard InChI is InChI=1S/C41H43NO2/c1-25-10-19-33-36(22-25)40(4,5)39-32(27(3)34-24-37(44-9)26(2)23-35(34)38(33)39)20-21-41(6,28-11-15-30(42-7)16-12-28)29-13-17-31(43-8)18-14-29/h10-24,42H,1-9H3/b21-20-. The van der Waals surface area contributed by atoms with Crippen LogP contribution in [0.25, 0.3) is 28.0 Å². The maximum absolute atomic E-state index is 5.83. The second-order valence-corrected chi connectivity index (χ2v) is 12.9. The monoisotopic (exact) mass is 581 g/mol. The first-order valence-electron chi connectivity index (χ1n) is 15.4. The number of rotatable bonds is 7. The van der Waals surface area contributed by atoms with Crippen molar-refractivity contribution in [2.45, 2.75) is 52.4 Å². The second kappa shape index (κ2) is 10.9. The average Bonchev–Trinajstić information content (AvgIpc) is 3.26. The van der Waals surface area contributed by atoms with Crippen LogP contribution in [-0.4, -0.2) is 21.3 Å². The average molecular weight is 582 g/mol. The fraction of sp³-hybridized carbons (Fsp3) is 0.268. The van der Waals surface area contributed by atoms with E-state index in [1.165, 1.54) is 60.8 Å². The van der Waals surface area contributed by atoms with Gasteiger partial charge in [-0.15, -0.1) is 0 Å². The maximum Gasteiger partial charge on any atom is 0.122 e. The molecular formula is C41H43NO2. The van der Waals surface area contributed by atoms with Crippen molar-refractivity contribution in [1.29, 1.82) is 0 Å². The molecule has 5 aromatic carbocycles. The van der Waals surface area contributed by atoms with E-state index in [9.17, 15) is 0 Å². The molecule has 1 atom stereocenters. The summed E-state index contributed by atoms with van der Waals surface area (Å²) in [4.78, 5) is 0. The first-order valence-corrected chi connectivity index (χ1v) is 15.4. The Morgan fingerprint density at radius 3 is 2.05 bits per heavy atom. The SMILES string of the molecule is CNc1ccc(C(C)(/C=C\c2c3c(c4cc(C)c(OC)cc4c2C)-c2ccc(C)cc2C3(C)C)c2ccc(OC)cc2)cc1. The summed E-state index contributed by atoms with van der Waals surface area (Å²) >= 11 is 0. The highest BCUT2D eigenvalue weighted by atomic mass is 16.5. The molecule has 1 unspecified atom stereocenters. The van der Waals surface area contributed by atoms with Crippen LogP contribution in [0.3, 0.4) is 0 Å². The minimum Gasteiger partial charge on any atom is -0.497 e. The van der Waals surface area contributed by atoms with E-state index in [2.05, 4.69) is 138 Å². The van der Waals surface area contributed by atoms with Crippen LogP contribution in [0.1, 0.15) is 65.3 Å². The first kappa shape index (κ1) is 29.6. The molecule has 0 saturated heterocycles. The third-order valence-corrected chi connectivity index (χ3v) is 9.92. The number of hydrogen-bond acceptors (Lipinski definition) is 3. The summed E-state index contributed by atoms with van der Waals surface area (Å²) in [5.41, 5.74) is 13.4. The van der Waals surface area contributed by atoms with Gasteiger partial charge in [0, 0.05) is 23.6 Å². The molecule has 3 heteroatoms. The Morgan fingerprint density at radius 1 is 0.773 bits per heavy atom. The number of nitrogens with one attached hydrogen (secondary N) is 1.